The van der Waals surface area contributed by atoms with Crippen molar-refractivity contribution < 1.29 is 14.7 Å². The van der Waals surface area contributed by atoms with Gasteiger partial charge < -0.3 is 15.7 Å². The Labute approximate surface area is 163 Å². The van der Waals surface area contributed by atoms with Crippen LogP contribution in [0.1, 0.15) is 84.0 Å². The summed E-state index contributed by atoms with van der Waals surface area (Å²) in [5.74, 6) is 0.410. The SMILES string of the molecule is CCCC(=O)NCCCCCCCCCCCC(=O)Nc1ccc(O)cc1. The first-order chi connectivity index (χ1) is 13.1. The first-order valence-electron chi connectivity index (χ1n) is 10.5. The van der Waals surface area contributed by atoms with Gasteiger partial charge in [0.25, 0.3) is 0 Å². The van der Waals surface area contributed by atoms with Crippen molar-refractivity contribution in [3.8, 4) is 5.75 Å². The summed E-state index contributed by atoms with van der Waals surface area (Å²) in [6.45, 7) is 2.83. The lowest BCUT2D eigenvalue weighted by atomic mass is 10.1. The van der Waals surface area contributed by atoms with Crippen LogP contribution in [-0.2, 0) is 9.59 Å². The van der Waals surface area contributed by atoms with E-state index >= 15 is 0 Å². The average molecular weight is 377 g/mol. The van der Waals surface area contributed by atoms with E-state index in [1.165, 1.54) is 38.5 Å². The molecule has 0 unspecified atom stereocenters. The van der Waals surface area contributed by atoms with Crippen LogP contribution in [0.4, 0.5) is 5.69 Å². The first-order valence-corrected chi connectivity index (χ1v) is 10.5. The van der Waals surface area contributed by atoms with Gasteiger partial charge in [0.2, 0.25) is 11.8 Å². The van der Waals surface area contributed by atoms with E-state index in [4.69, 9.17) is 0 Å². The van der Waals surface area contributed by atoms with Crippen LogP contribution in [0, 0.1) is 0 Å². The van der Waals surface area contributed by atoms with Crippen LogP contribution < -0.4 is 10.6 Å². The largest absolute Gasteiger partial charge is 0.508 e. The number of anilines is 1. The fourth-order valence-electron chi connectivity index (χ4n) is 2.96. The summed E-state index contributed by atoms with van der Waals surface area (Å²) in [5.41, 5.74) is 0.725. The highest BCUT2D eigenvalue weighted by atomic mass is 16.3. The first kappa shape index (κ1) is 23.0. The molecule has 0 saturated carbocycles. The van der Waals surface area contributed by atoms with Crippen LogP contribution in [0.25, 0.3) is 0 Å². The van der Waals surface area contributed by atoms with Crippen molar-refractivity contribution in [1.82, 2.24) is 5.32 Å². The standard InChI is InChI=1S/C22H36N2O3/c1-2-12-21(26)23-18-11-9-7-5-3-4-6-8-10-13-22(27)24-19-14-16-20(25)17-15-19/h14-17,25H,2-13,18H2,1H3,(H,23,26)(H,24,27). The van der Waals surface area contributed by atoms with Crippen molar-refractivity contribution in [2.75, 3.05) is 11.9 Å². The average Bonchev–Trinajstić information content (AvgIpc) is 2.64. The summed E-state index contributed by atoms with van der Waals surface area (Å²) in [4.78, 5) is 23.1. The molecule has 0 aliphatic heterocycles. The second-order valence-electron chi connectivity index (χ2n) is 7.13. The number of hydrogen-bond donors (Lipinski definition) is 3. The van der Waals surface area contributed by atoms with Gasteiger partial charge in [-0.1, -0.05) is 51.9 Å². The van der Waals surface area contributed by atoms with Gasteiger partial charge in [0, 0.05) is 25.1 Å². The zero-order valence-electron chi connectivity index (χ0n) is 16.8. The van der Waals surface area contributed by atoms with Crippen molar-refractivity contribution in [2.45, 2.75) is 84.0 Å². The van der Waals surface area contributed by atoms with Crippen LogP contribution in [0.15, 0.2) is 24.3 Å². The molecule has 1 aromatic carbocycles. The lowest BCUT2D eigenvalue weighted by molar-refractivity contribution is -0.121. The molecule has 0 atom stereocenters. The van der Waals surface area contributed by atoms with Gasteiger partial charge in [0.05, 0.1) is 0 Å². The van der Waals surface area contributed by atoms with Crippen molar-refractivity contribution >= 4 is 17.5 Å². The second-order valence-corrected chi connectivity index (χ2v) is 7.13. The Balaban J connectivity index is 1.85. The maximum atomic E-state index is 11.8. The summed E-state index contributed by atoms with van der Waals surface area (Å²) in [6.07, 6.45) is 12.5. The lowest BCUT2D eigenvalue weighted by Crippen LogP contribution is -2.23. The van der Waals surface area contributed by atoms with E-state index < -0.39 is 0 Å². The highest BCUT2D eigenvalue weighted by Gasteiger charge is 2.02. The zero-order chi connectivity index (χ0) is 19.7. The number of phenolic OH excluding ortho intramolecular Hbond substituents is 1. The van der Waals surface area contributed by atoms with Gasteiger partial charge in [0.15, 0.2) is 0 Å². The Kier molecular flexibility index (Phi) is 12.8. The number of aromatic hydroxyl groups is 1. The van der Waals surface area contributed by atoms with Crippen LogP contribution in [0.5, 0.6) is 5.75 Å². The van der Waals surface area contributed by atoms with E-state index in [2.05, 4.69) is 10.6 Å². The molecule has 0 spiro atoms. The van der Waals surface area contributed by atoms with Crippen molar-refractivity contribution in [3.05, 3.63) is 24.3 Å². The molecule has 152 valence electrons. The molecule has 2 amide bonds. The summed E-state index contributed by atoms with van der Waals surface area (Å²) in [7, 11) is 0. The van der Waals surface area contributed by atoms with E-state index in [1.54, 1.807) is 24.3 Å². The van der Waals surface area contributed by atoms with Crippen molar-refractivity contribution in [1.29, 1.82) is 0 Å². The predicted octanol–water partition coefficient (Wildman–Crippen LogP) is 5.15. The normalized spacial score (nSPS) is 10.6. The van der Waals surface area contributed by atoms with Gasteiger partial charge in [-0.25, -0.2) is 0 Å². The minimum absolute atomic E-state index is 0.0340. The maximum absolute atomic E-state index is 11.8. The quantitative estimate of drug-likeness (QED) is 0.293. The van der Waals surface area contributed by atoms with E-state index in [1.807, 2.05) is 6.92 Å². The predicted molar refractivity (Wildman–Crippen MR) is 111 cm³/mol. The van der Waals surface area contributed by atoms with Gasteiger partial charge in [-0.15, -0.1) is 0 Å². The molecule has 0 aliphatic carbocycles. The number of unbranched alkanes of at least 4 members (excludes halogenated alkanes) is 8. The van der Waals surface area contributed by atoms with E-state index in [0.29, 0.717) is 12.8 Å². The van der Waals surface area contributed by atoms with Gasteiger partial charge in [-0.2, -0.15) is 0 Å². The molecule has 27 heavy (non-hydrogen) atoms. The Hall–Kier alpha value is -2.04. The minimum Gasteiger partial charge on any atom is -0.508 e. The molecule has 1 aromatic rings. The second kappa shape index (κ2) is 15.1. The fraction of sp³-hybridized carbons (Fsp3) is 0.636. The van der Waals surface area contributed by atoms with Crippen LogP contribution >= 0.6 is 0 Å². The highest BCUT2D eigenvalue weighted by molar-refractivity contribution is 5.90. The Bertz CT molecular complexity index is 529. The van der Waals surface area contributed by atoms with Crippen LogP contribution in [-0.4, -0.2) is 23.5 Å². The van der Waals surface area contributed by atoms with Crippen molar-refractivity contribution in [3.63, 3.8) is 0 Å². The molecule has 0 bridgehead atoms. The lowest BCUT2D eigenvalue weighted by Gasteiger charge is -2.06. The van der Waals surface area contributed by atoms with Gasteiger partial charge in [-0.05, 0) is 43.5 Å². The number of amides is 2. The summed E-state index contributed by atoms with van der Waals surface area (Å²) >= 11 is 0. The van der Waals surface area contributed by atoms with E-state index in [-0.39, 0.29) is 17.6 Å². The molecule has 0 aromatic heterocycles. The van der Waals surface area contributed by atoms with Gasteiger partial charge in [0.1, 0.15) is 5.75 Å². The third-order valence-corrected chi connectivity index (χ3v) is 4.53. The van der Waals surface area contributed by atoms with Crippen molar-refractivity contribution in [2.24, 2.45) is 0 Å². The number of carbonyl (C=O) groups is 2. The topological polar surface area (TPSA) is 78.4 Å². The maximum Gasteiger partial charge on any atom is 0.224 e. The molecule has 0 aliphatic rings. The number of rotatable bonds is 15. The smallest absolute Gasteiger partial charge is 0.224 e. The Morgan fingerprint density at radius 1 is 0.778 bits per heavy atom. The number of carbonyl (C=O) groups excluding carboxylic acids is 2. The molecular weight excluding hydrogens is 340 g/mol. The summed E-state index contributed by atoms with van der Waals surface area (Å²) < 4.78 is 0. The molecule has 3 N–H and O–H groups in total. The molecule has 5 nitrogen and oxygen atoms in total. The van der Waals surface area contributed by atoms with Gasteiger partial charge in [-0.3, -0.25) is 9.59 Å². The van der Waals surface area contributed by atoms with E-state index in [0.717, 1.165) is 37.9 Å². The molecule has 0 radical (unpaired) electrons. The highest BCUT2D eigenvalue weighted by Crippen LogP contribution is 2.15. The van der Waals surface area contributed by atoms with E-state index in [9.17, 15) is 14.7 Å². The fourth-order valence-corrected chi connectivity index (χ4v) is 2.96. The molecule has 5 heteroatoms. The summed E-state index contributed by atoms with van der Waals surface area (Å²) in [5, 5.41) is 15.0. The Morgan fingerprint density at radius 3 is 1.93 bits per heavy atom. The number of benzene rings is 1. The third-order valence-electron chi connectivity index (χ3n) is 4.53. The van der Waals surface area contributed by atoms with Crippen LogP contribution in [0.2, 0.25) is 0 Å². The molecule has 0 heterocycles. The molecule has 0 saturated heterocycles. The zero-order valence-corrected chi connectivity index (χ0v) is 16.8. The monoisotopic (exact) mass is 376 g/mol. The molecular formula is C22H36N2O3. The number of hydrogen-bond acceptors (Lipinski definition) is 3. The third kappa shape index (κ3) is 12.9. The number of phenols is 1. The van der Waals surface area contributed by atoms with Gasteiger partial charge >= 0.3 is 0 Å². The number of nitrogens with one attached hydrogen (secondary N) is 2. The summed E-state index contributed by atoms with van der Waals surface area (Å²) in [6, 6.07) is 6.54. The molecule has 1 rings (SSSR count). The molecule has 0 fully saturated rings. The van der Waals surface area contributed by atoms with Crippen LogP contribution in [0.3, 0.4) is 0 Å². The minimum atomic E-state index is 0.0340. The Morgan fingerprint density at radius 2 is 1.33 bits per heavy atom.